The number of sulfonamides is 1. The molecule has 0 amide bonds. The van der Waals surface area contributed by atoms with Gasteiger partial charge in [0.25, 0.3) is 0 Å². The smallest absolute Gasteiger partial charge is 0.213 e. The van der Waals surface area contributed by atoms with Gasteiger partial charge in [0.1, 0.15) is 17.5 Å². The normalized spacial score (nSPS) is 18.4. The Bertz CT molecular complexity index is 869. The second kappa shape index (κ2) is 7.05. The predicted molar refractivity (Wildman–Crippen MR) is 97.4 cm³/mol. The maximum atomic E-state index is 12.1. The molecule has 0 aliphatic carbocycles. The lowest BCUT2D eigenvalue weighted by Crippen LogP contribution is -2.30. The van der Waals surface area contributed by atoms with Gasteiger partial charge in [0.2, 0.25) is 10.0 Å². The zero-order valence-electron chi connectivity index (χ0n) is 14.7. The average molecular weight is 361 g/mol. The topological polar surface area (TPSA) is 88.1 Å². The summed E-state index contributed by atoms with van der Waals surface area (Å²) in [5.41, 5.74) is 1.90. The Balaban J connectivity index is 1.82. The Hall–Kier alpha value is -2.06. The number of hydrogen-bond acceptors (Lipinski definition) is 6. The van der Waals surface area contributed by atoms with Gasteiger partial charge < -0.3 is 5.32 Å². The van der Waals surface area contributed by atoms with Crippen molar-refractivity contribution < 1.29 is 8.42 Å². The van der Waals surface area contributed by atoms with Crippen molar-refractivity contribution in [1.82, 2.24) is 19.3 Å². The molecule has 1 aliphatic rings. The van der Waals surface area contributed by atoms with Crippen molar-refractivity contribution in [2.75, 3.05) is 24.2 Å². The Kier molecular flexibility index (Phi) is 5.01. The molecule has 2 aromatic rings. The molecule has 134 valence electrons. The van der Waals surface area contributed by atoms with Crippen molar-refractivity contribution in [1.29, 1.82) is 0 Å². The SMILES string of the molecule is CCS(=O)(=O)N1CC[C@H](c2cc(Nc3ncccc3C)nc(C)n2)C1. The summed E-state index contributed by atoms with van der Waals surface area (Å²) in [5, 5.41) is 3.24. The Morgan fingerprint density at radius 2 is 2.12 bits per heavy atom. The van der Waals surface area contributed by atoms with Gasteiger partial charge in [0.05, 0.1) is 11.4 Å². The second-order valence-corrected chi connectivity index (χ2v) is 8.52. The third-order valence-electron chi connectivity index (χ3n) is 4.44. The van der Waals surface area contributed by atoms with Crippen LogP contribution in [0.5, 0.6) is 0 Å². The van der Waals surface area contributed by atoms with E-state index in [1.807, 2.05) is 32.0 Å². The van der Waals surface area contributed by atoms with Crippen LogP contribution in [0, 0.1) is 13.8 Å². The molecule has 0 spiro atoms. The number of anilines is 2. The first-order valence-electron chi connectivity index (χ1n) is 8.41. The maximum Gasteiger partial charge on any atom is 0.213 e. The van der Waals surface area contributed by atoms with Gasteiger partial charge in [-0.3, -0.25) is 0 Å². The van der Waals surface area contributed by atoms with Crippen molar-refractivity contribution in [2.45, 2.75) is 33.1 Å². The van der Waals surface area contributed by atoms with Crippen molar-refractivity contribution >= 4 is 21.7 Å². The molecule has 0 radical (unpaired) electrons. The molecule has 2 aromatic heterocycles. The van der Waals surface area contributed by atoms with Gasteiger partial charge in [-0.05, 0) is 38.8 Å². The predicted octanol–water partition coefficient (Wildman–Crippen LogP) is 2.37. The van der Waals surface area contributed by atoms with Crippen LogP contribution in [0.2, 0.25) is 0 Å². The number of hydrogen-bond donors (Lipinski definition) is 1. The lowest BCUT2D eigenvalue weighted by atomic mass is 10.0. The van der Waals surface area contributed by atoms with Crippen LogP contribution in [0.4, 0.5) is 11.6 Å². The van der Waals surface area contributed by atoms with Crippen molar-refractivity contribution in [3.8, 4) is 0 Å². The minimum Gasteiger partial charge on any atom is -0.325 e. The third kappa shape index (κ3) is 3.96. The molecule has 25 heavy (non-hydrogen) atoms. The molecule has 1 saturated heterocycles. The quantitative estimate of drug-likeness (QED) is 0.880. The third-order valence-corrected chi connectivity index (χ3v) is 6.29. The van der Waals surface area contributed by atoms with Crippen molar-refractivity contribution in [2.24, 2.45) is 0 Å². The van der Waals surface area contributed by atoms with Crippen LogP contribution in [-0.2, 0) is 10.0 Å². The summed E-state index contributed by atoms with van der Waals surface area (Å²) in [4.78, 5) is 13.3. The zero-order chi connectivity index (χ0) is 18.0. The molecule has 7 nitrogen and oxygen atoms in total. The van der Waals surface area contributed by atoms with Gasteiger partial charge in [-0.15, -0.1) is 0 Å². The minimum atomic E-state index is -3.15. The lowest BCUT2D eigenvalue weighted by molar-refractivity contribution is 0.473. The molecule has 1 atom stereocenters. The number of pyridine rings is 1. The molecule has 3 heterocycles. The highest BCUT2D eigenvalue weighted by Crippen LogP contribution is 2.29. The van der Waals surface area contributed by atoms with Crippen LogP contribution in [0.25, 0.3) is 0 Å². The van der Waals surface area contributed by atoms with E-state index >= 15 is 0 Å². The van der Waals surface area contributed by atoms with E-state index in [4.69, 9.17) is 0 Å². The van der Waals surface area contributed by atoms with Crippen LogP contribution in [-0.4, -0.2) is 46.5 Å². The lowest BCUT2D eigenvalue weighted by Gasteiger charge is -2.16. The fraction of sp³-hybridized carbons (Fsp3) is 0.471. The highest BCUT2D eigenvalue weighted by atomic mass is 32.2. The Labute approximate surface area is 148 Å². The van der Waals surface area contributed by atoms with Gasteiger partial charge in [0.15, 0.2) is 0 Å². The zero-order valence-corrected chi connectivity index (χ0v) is 15.5. The second-order valence-electron chi connectivity index (χ2n) is 6.26. The first-order valence-corrected chi connectivity index (χ1v) is 10.0. The summed E-state index contributed by atoms with van der Waals surface area (Å²) in [6, 6.07) is 5.76. The van der Waals surface area contributed by atoms with E-state index in [2.05, 4.69) is 20.3 Å². The van der Waals surface area contributed by atoms with E-state index < -0.39 is 10.0 Å². The van der Waals surface area contributed by atoms with E-state index in [1.165, 1.54) is 0 Å². The molecule has 0 aromatic carbocycles. The number of nitrogens with zero attached hydrogens (tertiary/aromatic N) is 4. The highest BCUT2D eigenvalue weighted by Gasteiger charge is 2.32. The number of aromatic nitrogens is 3. The Morgan fingerprint density at radius 1 is 1.32 bits per heavy atom. The van der Waals surface area contributed by atoms with Gasteiger partial charge >= 0.3 is 0 Å². The van der Waals surface area contributed by atoms with E-state index in [1.54, 1.807) is 17.4 Å². The molecular weight excluding hydrogens is 338 g/mol. The summed E-state index contributed by atoms with van der Waals surface area (Å²) in [7, 11) is -3.15. The van der Waals surface area contributed by atoms with Gasteiger partial charge in [-0.25, -0.2) is 27.7 Å². The number of nitrogens with one attached hydrogen (secondary N) is 1. The summed E-state index contributed by atoms with van der Waals surface area (Å²) >= 11 is 0. The molecule has 0 unspecified atom stereocenters. The van der Waals surface area contributed by atoms with Crippen molar-refractivity contribution in [3.05, 3.63) is 41.5 Å². The van der Waals surface area contributed by atoms with Crippen LogP contribution >= 0.6 is 0 Å². The van der Waals surface area contributed by atoms with Gasteiger partial charge in [0, 0.05) is 31.3 Å². The van der Waals surface area contributed by atoms with Crippen LogP contribution in [0.1, 0.15) is 36.3 Å². The molecule has 8 heteroatoms. The van der Waals surface area contributed by atoms with E-state index in [0.29, 0.717) is 24.7 Å². The van der Waals surface area contributed by atoms with Gasteiger partial charge in [-0.2, -0.15) is 0 Å². The number of rotatable bonds is 5. The average Bonchev–Trinajstić information content (AvgIpc) is 3.07. The van der Waals surface area contributed by atoms with Crippen LogP contribution < -0.4 is 5.32 Å². The van der Waals surface area contributed by atoms with E-state index in [0.717, 1.165) is 23.5 Å². The largest absolute Gasteiger partial charge is 0.325 e. The summed E-state index contributed by atoms with van der Waals surface area (Å²) in [5.74, 6) is 2.32. The molecule has 0 saturated carbocycles. The monoisotopic (exact) mass is 361 g/mol. The molecular formula is C17H23N5O2S. The molecule has 1 aliphatic heterocycles. The molecule has 3 rings (SSSR count). The fourth-order valence-corrected chi connectivity index (χ4v) is 4.16. The summed E-state index contributed by atoms with van der Waals surface area (Å²) in [6.07, 6.45) is 2.51. The molecule has 1 N–H and O–H groups in total. The standard InChI is InChI=1S/C17H23N5O2S/c1-4-25(23,24)22-9-7-14(11-22)15-10-16(20-13(3)19-15)21-17-12(2)6-5-8-18-17/h5-6,8,10,14H,4,7,9,11H2,1-3H3,(H,18,19,20,21)/t14-/m0/s1. The fourth-order valence-electron chi connectivity index (χ4n) is 3.01. The summed E-state index contributed by atoms with van der Waals surface area (Å²) in [6.45, 7) is 6.53. The Morgan fingerprint density at radius 3 is 2.84 bits per heavy atom. The first-order chi connectivity index (χ1) is 11.9. The number of aryl methyl sites for hydroxylation is 2. The van der Waals surface area contributed by atoms with Crippen molar-refractivity contribution in [3.63, 3.8) is 0 Å². The van der Waals surface area contributed by atoms with E-state index in [9.17, 15) is 8.42 Å². The first kappa shape index (κ1) is 17.8. The maximum absolute atomic E-state index is 12.1. The highest BCUT2D eigenvalue weighted by molar-refractivity contribution is 7.89. The van der Waals surface area contributed by atoms with Gasteiger partial charge in [-0.1, -0.05) is 6.07 Å². The molecule has 0 bridgehead atoms. The minimum absolute atomic E-state index is 0.0911. The summed E-state index contributed by atoms with van der Waals surface area (Å²) < 4.78 is 25.7. The molecule has 1 fully saturated rings. The van der Waals surface area contributed by atoms with Crippen LogP contribution in [0.3, 0.4) is 0 Å². The van der Waals surface area contributed by atoms with E-state index in [-0.39, 0.29) is 11.7 Å². The van der Waals surface area contributed by atoms with Crippen LogP contribution in [0.15, 0.2) is 24.4 Å².